The minimum atomic E-state index is -3.50. The van der Waals surface area contributed by atoms with Gasteiger partial charge >= 0.3 is 0 Å². The fraction of sp³-hybridized carbons (Fsp3) is 0.357. The van der Waals surface area contributed by atoms with Crippen LogP contribution in [0.1, 0.15) is 25.7 Å². The second-order valence-corrected chi connectivity index (χ2v) is 7.46. The maximum absolute atomic E-state index is 12.0. The predicted octanol–water partition coefficient (Wildman–Crippen LogP) is 3.00. The lowest BCUT2D eigenvalue weighted by Crippen LogP contribution is -2.37. The first-order valence-corrected chi connectivity index (χ1v) is 9.29. The molecule has 0 amide bonds. The zero-order chi connectivity index (χ0) is 14.7. The lowest BCUT2D eigenvalue weighted by atomic mass is 10.2. The van der Waals surface area contributed by atoms with Crippen molar-refractivity contribution < 1.29 is 8.42 Å². The smallest absolute Gasteiger partial charge is 0.271 e. The van der Waals surface area contributed by atoms with E-state index < -0.39 is 10.2 Å². The molecule has 0 atom stereocenters. The Morgan fingerprint density at radius 3 is 2.48 bits per heavy atom. The highest BCUT2D eigenvalue weighted by atomic mass is 32.2. The van der Waals surface area contributed by atoms with Crippen molar-refractivity contribution in [3.63, 3.8) is 0 Å². The molecule has 1 aromatic heterocycles. The molecule has 5 nitrogen and oxygen atoms in total. The van der Waals surface area contributed by atoms with Crippen LogP contribution in [0.15, 0.2) is 35.8 Å². The first-order valence-electron chi connectivity index (χ1n) is 6.92. The molecule has 112 valence electrons. The number of rotatable bonds is 5. The molecular formula is C14H17N3O2S2. The summed E-state index contributed by atoms with van der Waals surface area (Å²) in [7, 11) is -3.50. The Kier molecular flexibility index (Phi) is 4.23. The van der Waals surface area contributed by atoms with Gasteiger partial charge in [0, 0.05) is 28.9 Å². The molecule has 1 aliphatic rings. The summed E-state index contributed by atoms with van der Waals surface area (Å²) in [6.07, 6.45) is 5.78. The molecule has 2 aromatic rings. The van der Waals surface area contributed by atoms with Crippen LogP contribution in [-0.2, 0) is 10.2 Å². The van der Waals surface area contributed by atoms with Crippen LogP contribution in [-0.4, -0.2) is 19.4 Å². The quantitative estimate of drug-likeness (QED) is 0.888. The summed E-state index contributed by atoms with van der Waals surface area (Å²) < 4.78 is 29.3. The molecule has 2 N–H and O–H groups in total. The zero-order valence-corrected chi connectivity index (χ0v) is 13.1. The van der Waals surface area contributed by atoms with Crippen LogP contribution >= 0.6 is 11.3 Å². The Morgan fingerprint density at radius 1 is 1.14 bits per heavy atom. The van der Waals surface area contributed by atoms with Gasteiger partial charge in [0.05, 0.1) is 0 Å². The zero-order valence-electron chi connectivity index (χ0n) is 11.5. The molecule has 3 rings (SSSR count). The highest BCUT2D eigenvalue weighted by molar-refractivity contribution is 7.90. The fourth-order valence-corrected chi connectivity index (χ4v) is 4.32. The average Bonchev–Trinajstić information content (AvgIpc) is 3.11. The number of benzene rings is 1. The van der Waals surface area contributed by atoms with E-state index in [1.54, 1.807) is 29.7 Å². The number of hydrogen-bond donors (Lipinski definition) is 2. The van der Waals surface area contributed by atoms with Gasteiger partial charge in [0.1, 0.15) is 5.01 Å². The topological polar surface area (TPSA) is 71.1 Å². The van der Waals surface area contributed by atoms with Crippen molar-refractivity contribution in [2.24, 2.45) is 0 Å². The molecule has 1 aromatic carbocycles. The monoisotopic (exact) mass is 323 g/mol. The summed E-state index contributed by atoms with van der Waals surface area (Å²) in [5.74, 6) is 0. The van der Waals surface area contributed by atoms with E-state index in [4.69, 9.17) is 0 Å². The predicted molar refractivity (Wildman–Crippen MR) is 85.5 cm³/mol. The molecule has 7 heteroatoms. The lowest BCUT2D eigenvalue weighted by Gasteiger charge is -2.14. The largest absolute Gasteiger partial charge is 0.299 e. The average molecular weight is 323 g/mol. The van der Waals surface area contributed by atoms with Crippen LogP contribution in [0.3, 0.4) is 0 Å². The first kappa shape index (κ1) is 14.5. The third-order valence-electron chi connectivity index (χ3n) is 3.49. The number of anilines is 1. The van der Waals surface area contributed by atoms with Gasteiger partial charge in [-0.15, -0.1) is 11.3 Å². The summed E-state index contributed by atoms with van der Waals surface area (Å²) in [5.41, 5.74) is 1.54. The molecule has 1 fully saturated rings. The van der Waals surface area contributed by atoms with E-state index >= 15 is 0 Å². The molecule has 0 saturated heterocycles. The van der Waals surface area contributed by atoms with Crippen LogP contribution in [0, 0.1) is 0 Å². The Balaban J connectivity index is 1.67. The van der Waals surface area contributed by atoms with Crippen LogP contribution in [0.4, 0.5) is 5.69 Å². The summed E-state index contributed by atoms with van der Waals surface area (Å²) in [4.78, 5) is 4.23. The number of nitrogens with zero attached hydrogens (tertiary/aromatic N) is 1. The van der Waals surface area contributed by atoms with E-state index in [2.05, 4.69) is 14.4 Å². The molecule has 0 aliphatic heterocycles. The Hall–Kier alpha value is -1.44. The standard InChI is InChI=1S/C14H17N3O2S2/c18-21(19,16-12-3-1-2-4-12)17-13-7-5-11(6-8-13)14-15-9-10-20-14/h5-10,12,16-17H,1-4H2. The second-order valence-electron chi connectivity index (χ2n) is 5.12. The fourth-order valence-electron chi connectivity index (χ4n) is 2.49. The van der Waals surface area contributed by atoms with E-state index in [0.717, 1.165) is 36.3 Å². The van der Waals surface area contributed by atoms with E-state index in [9.17, 15) is 8.42 Å². The van der Waals surface area contributed by atoms with Gasteiger partial charge in [-0.25, -0.2) is 4.98 Å². The van der Waals surface area contributed by atoms with Gasteiger partial charge in [0.25, 0.3) is 10.2 Å². The van der Waals surface area contributed by atoms with Gasteiger partial charge in [-0.3, -0.25) is 4.72 Å². The summed E-state index contributed by atoms with van der Waals surface area (Å²) >= 11 is 1.55. The molecule has 1 heterocycles. The van der Waals surface area contributed by atoms with Crippen LogP contribution in [0.2, 0.25) is 0 Å². The van der Waals surface area contributed by atoms with Gasteiger partial charge in [0.15, 0.2) is 0 Å². The number of hydrogen-bond acceptors (Lipinski definition) is 4. The molecule has 0 bridgehead atoms. The molecular weight excluding hydrogens is 306 g/mol. The van der Waals surface area contributed by atoms with Crippen molar-refractivity contribution in [2.75, 3.05) is 4.72 Å². The van der Waals surface area contributed by atoms with Gasteiger partial charge in [-0.05, 0) is 37.1 Å². The minimum Gasteiger partial charge on any atom is -0.271 e. The normalized spacial score (nSPS) is 16.2. The van der Waals surface area contributed by atoms with E-state index in [0.29, 0.717) is 5.69 Å². The van der Waals surface area contributed by atoms with Crippen molar-refractivity contribution >= 4 is 27.2 Å². The van der Waals surface area contributed by atoms with Gasteiger partial charge in [-0.1, -0.05) is 12.8 Å². The highest BCUT2D eigenvalue weighted by Crippen LogP contribution is 2.24. The minimum absolute atomic E-state index is 0.0668. The lowest BCUT2D eigenvalue weighted by molar-refractivity contribution is 0.557. The number of nitrogens with one attached hydrogen (secondary N) is 2. The van der Waals surface area contributed by atoms with Gasteiger partial charge in [-0.2, -0.15) is 13.1 Å². The molecule has 21 heavy (non-hydrogen) atoms. The summed E-state index contributed by atoms with van der Waals surface area (Å²) in [6.45, 7) is 0. The first-order chi connectivity index (χ1) is 10.1. The molecule has 0 spiro atoms. The third kappa shape index (κ3) is 3.81. The third-order valence-corrected chi connectivity index (χ3v) is 5.46. The Morgan fingerprint density at radius 2 is 1.86 bits per heavy atom. The van der Waals surface area contributed by atoms with E-state index in [-0.39, 0.29) is 6.04 Å². The van der Waals surface area contributed by atoms with E-state index in [1.807, 2.05) is 17.5 Å². The van der Waals surface area contributed by atoms with Crippen molar-refractivity contribution in [2.45, 2.75) is 31.7 Å². The maximum Gasteiger partial charge on any atom is 0.299 e. The summed E-state index contributed by atoms with van der Waals surface area (Å²) in [5, 5.41) is 2.84. The Bertz CT molecular complexity index is 676. The van der Waals surface area contributed by atoms with Crippen molar-refractivity contribution in [3.05, 3.63) is 35.8 Å². The second kappa shape index (κ2) is 6.13. The van der Waals surface area contributed by atoms with Crippen molar-refractivity contribution in [3.8, 4) is 10.6 Å². The van der Waals surface area contributed by atoms with Crippen LogP contribution in [0.5, 0.6) is 0 Å². The Labute approximate surface area is 128 Å². The number of thiazole rings is 1. The summed E-state index contributed by atoms with van der Waals surface area (Å²) in [6, 6.07) is 7.31. The molecule has 1 saturated carbocycles. The number of aromatic nitrogens is 1. The SMILES string of the molecule is O=S(=O)(Nc1ccc(-c2nccs2)cc1)NC1CCCC1. The van der Waals surface area contributed by atoms with Crippen LogP contribution < -0.4 is 9.44 Å². The van der Waals surface area contributed by atoms with Gasteiger partial charge in [0.2, 0.25) is 0 Å². The van der Waals surface area contributed by atoms with Gasteiger partial charge < -0.3 is 0 Å². The van der Waals surface area contributed by atoms with E-state index in [1.165, 1.54) is 0 Å². The van der Waals surface area contributed by atoms with Crippen LogP contribution in [0.25, 0.3) is 10.6 Å². The highest BCUT2D eigenvalue weighted by Gasteiger charge is 2.21. The molecule has 0 radical (unpaired) electrons. The maximum atomic E-state index is 12.0. The molecule has 1 aliphatic carbocycles. The van der Waals surface area contributed by atoms with Crippen molar-refractivity contribution in [1.82, 2.24) is 9.71 Å². The van der Waals surface area contributed by atoms with Crippen molar-refractivity contribution in [1.29, 1.82) is 0 Å². The molecule has 0 unspecified atom stereocenters.